The van der Waals surface area contributed by atoms with Crippen molar-refractivity contribution in [2.75, 3.05) is 13.7 Å². The number of nitrogens with zero attached hydrogens (tertiary/aromatic N) is 1. The second kappa shape index (κ2) is 5.80. The quantitative estimate of drug-likeness (QED) is 0.538. The predicted octanol–water partition coefficient (Wildman–Crippen LogP) is 0.766. The Labute approximate surface area is 101 Å². The zero-order valence-electron chi connectivity index (χ0n) is 10.6. The van der Waals surface area contributed by atoms with Gasteiger partial charge in [0.1, 0.15) is 6.04 Å². The molecule has 0 unspecified atom stereocenters. The molecular formula is C12H19NO4. The molecule has 0 spiro atoms. The highest BCUT2D eigenvalue weighted by atomic mass is 16.5. The van der Waals surface area contributed by atoms with Crippen LogP contribution < -0.4 is 0 Å². The standard InChI is InChI=1S/C12H19NO4/c1-8(2)7-10(14)11(15)13-6-4-5-9(13)12(16)17-3/h8-9H,4-7H2,1-3H3/t9-/m1/s1. The van der Waals surface area contributed by atoms with E-state index in [1.807, 2.05) is 13.8 Å². The zero-order valence-corrected chi connectivity index (χ0v) is 10.6. The first-order chi connectivity index (χ1) is 7.97. The highest BCUT2D eigenvalue weighted by molar-refractivity contribution is 6.36. The fourth-order valence-corrected chi connectivity index (χ4v) is 2.01. The summed E-state index contributed by atoms with van der Waals surface area (Å²) < 4.78 is 4.63. The van der Waals surface area contributed by atoms with Crippen molar-refractivity contribution in [1.82, 2.24) is 4.90 Å². The van der Waals surface area contributed by atoms with Crippen molar-refractivity contribution in [3.63, 3.8) is 0 Å². The number of ether oxygens (including phenoxy) is 1. The van der Waals surface area contributed by atoms with Crippen LogP contribution in [0.2, 0.25) is 0 Å². The molecule has 0 N–H and O–H groups in total. The molecular weight excluding hydrogens is 222 g/mol. The van der Waals surface area contributed by atoms with Crippen molar-refractivity contribution >= 4 is 17.7 Å². The van der Waals surface area contributed by atoms with Gasteiger partial charge in [0.2, 0.25) is 5.78 Å². The van der Waals surface area contributed by atoms with Gasteiger partial charge in [0.25, 0.3) is 5.91 Å². The molecule has 0 aromatic carbocycles. The summed E-state index contributed by atoms with van der Waals surface area (Å²) in [5, 5.41) is 0. The summed E-state index contributed by atoms with van der Waals surface area (Å²) in [7, 11) is 1.29. The number of rotatable bonds is 4. The molecule has 5 nitrogen and oxygen atoms in total. The smallest absolute Gasteiger partial charge is 0.328 e. The minimum atomic E-state index is -0.580. The highest BCUT2D eigenvalue weighted by Crippen LogP contribution is 2.19. The summed E-state index contributed by atoms with van der Waals surface area (Å²) in [6.07, 6.45) is 1.54. The second-order valence-electron chi connectivity index (χ2n) is 4.70. The van der Waals surface area contributed by atoms with Crippen molar-refractivity contribution in [2.24, 2.45) is 5.92 Å². The zero-order chi connectivity index (χ0) is 13.0. The average Bonchev–Trinajstić information content (AvgIpc) is 2.74. The Balaban J connectivity index is 2.68. The lowest BCUT2D eigenvalue weighted by Crippen LogP contribution is -2.44. The van der Waals surface area contributed by atoms with Crippen LogP contribution in [0.25, 0.3) is 0 Å². The number of hydrogen-bond donors (Lipinski definition) is 0. The van der Waals surface area contributed by atoms with Gasteiger partial charge < -0.3 is 9.64 Å². The maximum Gasteiger partial charge on any atom is 0.328 e. The Kier molecular flexibility index (Phi) is 4.66. The fourth-order valence-electron chi connectivity index (χ4n) is 2.01. The minimum Gasteiger partial charge on any atom is -0.467 e. The van der Waals surface area contributed by atoms with Gasteiger partial charge in [-0.25, -0.2) is 4.79 Å². The molecule has 0 radical (unpaired) electrons. The number of methoxy groups -OCH3 is 1. The van der Waals surface area contributed by atoms with Gasteiger partial charge in [-0.05, 0) is 18.8 Å². The van der Waals surface area contributed by atoms with Crippen LogP contribution in [0, 0.1) is 5.92 Å². The van der Waals surface area contributed by atoms with E-state index in [9.17, 15) is 14.4 Å². The van der Waals surface area contributed by atoms with Crippen molar-refractivity contribution in [2.45, 2.75) is 39.2 Å². The fraction of sp³-hybridized carbons (Fsp3) is 0.750. The van der Waals surface area contributed by atoms with E-state index in [-0.39, 0.29) is 12.3 Å². The number of esters is 1. The molecule has 1 atom stereocenters. The predicted molar refractivity (Wildman–Crippen MR) is 61.2 cm³/mol. The van der Waals surface area contributed by atoms with E-state index in [4.69, 9.17) is 0 Å². The SMILES string of the molecule is COC(=O)[C@H]1CCCN1C(=O)C(=O)CC(C)C. The number of ketones is 1. The molecule has 1 heterocycles. The van der Waals surface area contributed by atoms with Crippen molar-refractivity contribution in [1.29, 1.82) is 0 Å². The number of carbonyl (C=O) groups is 3. The summed E-state index contributed by atoms with van der Waals surface area (Å²) in [4.78, 5) is 36.3. The largest absolute Gasteiger partial charge is 0.467 e. The lowest BCUT2D eigenvalue weighted by Gasteiger charge is -2.22. The first-order valence-corrected chi connectivity index (χ1v) is 5.89. The van der Waals surface area contributed by atoms with E-state index < -0.39 is 23.7 Å². The van der Waals surface area contributed by atoms with Gasteiger partial charge in [0.05, 0.1) is 7.11 Å². The van der Waals surface area contributed by atoms with Crippen molar-refractivity contribution in [3.8, 4) is 0 Å². The Morgan fingerprint density at radius 1 is 1.35 bits per heavy atom. The number of likely N-dealkylation sites (tertiary alicyclic amines) is 1. The lowest BCUT2D eigenvalue weighted by molar-refractivity contribution is -0.154. The van der Waals surface area contributed by atoms with E-state index in [1.165, 1.54) is 12.0 Å². The molecule has 1 saturated heterocycles. The normalized spacial score (nSPS) is 19.5. The number of hydrogen-bond acceptors (Lipinski definition) is 4. The molecule has 1 amide bonds. The third kappa shape index (κ3) is 3.28. The van der Waals surface area contributed by atoms with Crippen LogP contribution in [0.5, 0.6) is 0 Å². The molecule has 5 heteroatoms. The average molecular weight is 241 g/mol. The van der Waals surface area contributed by atoms with Gasteiger partial charge in [-0.3, -0.25) is 9.59 Å². The van der Waals surface area contributed by atoms with Crippen LogP contribution >= 0.6 is 0 Å². The van der Waals surface area contributed by atoms with Crippen LogP contribution in [0.4, 0.5) is 0 Å². The van der Waals surface area contributed by atoms with E-state index in [0.29, 0.717) is 13.0 Å². The van der Waals surface area contributed by atoms with E-state index in [1.54, 1.807) is 0 Å². The number of Topliss-reactive ketones (excluding diaryl/α,β-unsaturated/α-hetero) is 1. The first kappa shape index (κ1) is 13.7. The third-order valence-electron chi connectivity index (χ3n) is 2.82. The van der Waals surface area contributed by atoms with Crippen LogP contribution in [0.1, 0.15) is 33.1 Å². The van der Waals surface area contributed by atoms with Crippen LogP contribution in [0.15, 0.2) is 0 Å². The summed E-state index contributed by atoms with van der Waals surface area (Å²) in [6, 6.07) is -0.580. The van der Waals surface area contributed by atoms with Crippen LogP contribution in [-0.2, 0) is 19.1 Å². The minimum absolute atomic E-state index is 0.144. The summed E-state index contributed by atoms with van der Waals surface area (Å²) >= 11 is 0. The molecule has 1 aliphatic heterocycles. The topological polar surface area (TPSA) is 63.7 Å². The Morgan fingerprint density at radius 2 is 2.00 bits per heavy atom. The molecule has 1 aliphatic rings. The molecule has 96 valence electrons. The monoisotopic (exact) mass is 241 g/mol. The highest BCUT2D eigenvalue weighted by Gasteiger charge is 2.37. The van der Waals surface area contributed by atoms with Gasteiger partial charge >= 0.3 is 5.97 Å². The summed E-state index contributed by atoms with van der Waals surface area (Å²) in [5.41, 5.74) is 0. The van der Waals surface area contributed by atoms with Gasteiger partial charge in [-0.2, -0.15) is 0 Å². The molecule has 0 aromatic rings. The number of carbonyl (C=O) groups excluding carboxylic acids is 3. The Bertz CT molecular complexity index is 324. The molecule has 17 heavy (non-hydrogen) atoms. The maximum atomic E-state index is 11.9. The molecule has 0 aliphatic carbocycles. The Morgan fingerprint density at radius 3 is 2.53 bits per heavy atom. The van der Waals surface area contributed by atoms with Crippen LogP contribution in [-0.4, -0.2) is 42.3 Å². The molecule has 1 fully saturated rings. The lowest BCUT2D eigenvalue weighted by atomic mass is 10.1. The van der Waals surface area contributed by atoms with E-state index >= 15 is 0 Å². The van der Waals surface area contributed by atoms with Gasteiger partial charge in [0.15, 0.2) is 0 Å². The molecule has 1 rings (SSSR count). The van der Waals surface area contributed by atoms with Crippen molar-refractivity contribution in [3.05, 3.63) is 0 Å². The molecule has 0 saturated carbocycles. The maximum absolute atomic E-state index is 11.9. The molecule has 0 bridgehead atoms. The third-order valence-corrected chi connectivity index (χ3v) is 2.82. The Hall–Kier alpha value is -1.39. The van der Waals surface area contributed by atoms with Crippen LogP contribution in [0.3, 0.4) is 0 Å². The second-order valence-corrected chi connectivity index (χ2v) is 4.70. The van der Waals surface area contributed by atoms with Gasteiger partial charge in [-0.1, -0.05) is 13.8 Å². The van der Waals surface area contributed by atoms with E-state index in [2.05, 4.69) is 4.74 Å². The van der Waals surface area contributed by atoms with Gasteiger partial charge in [0, 0.05) is 13.0 Å². The summed E-state index contributed by atoms with van der Waals surface area (Å²) in [6.45, 7) is 4.22. The first-order valence-electron chi connectivity index (χ1n) is 5.89. The van der Waals surface area contributed by atoms with Gasteiger partial charge in [-0.15, -0.1) is 0 Å². The van der Waals surface area contributed by atoms with Crippen molar-refractivity contribution < 1.29 is 19.1 Å². The van der Waals surface area contributed by atoms with E-state index in [0.717, 1.165) is 6.42 Å². The number of amides is 1. The summed E-state index contributed by atoms with van der Waals surface area (Å²) in [5.74, 6) is -1.26. The molecule has 0 aromatic heterocycles.